The smallest absolute Gasteiger partial charge is 0.387 e. The van der Waals surface area contributed by atoms with E-state index < -0.39 is 35.9 Å². The van der Waals surface area contributed by atoms with Crippen LogP contribution in [0.1, 0.15) is 96.3 Å². The number of likely N-dealkylation sites (N-methyl/N-ethyl adjacent to an activating group) is 2. The summed E-state index contributed by atoms with van der Waals surface area (Å²) in [5.74, 6) is 1.75. The van der Waals surface area contributed by atoms with Crippen LogP contribution in [0.3, 0.4) is 0 Å². The summed E-state index contributed by atoms with van der Waals surface area (Å²) in [5.41, 5.74) is 2.66. The van der Waals surface area contributed by atoms with Crippen molar-refractivity contribution in [3.63, 3.8) is 0 Å². The molecule has 8 heterocycles. The fourth-order valence-electron chi connectivity index (χ4n) is 7.44. The van der Waals surface area contributed by atoms with Crippen LogP contribution in [-0.2, 0) is 48.1 Å². The molecule has 0 aliphatic carbocycles. The van der Waals surface area contributed by atoms with E-state index >= 15 is 0 Å². The lowest BCUT2D eigenvalue weighted by Gasteiger charge is -2.32. The highest BCUT2D eigenvalue weighted by molar-refractivity contribution is 6.03. The third-order valence-corrected chi connectivity index (χ3v) is 11.6. The molecule has 8 rings (SSSR count). The molecule has 26 heteroatoms. The van der Waals surface area contributed by atoms with Gasteiger partial charge in [0.05, 0.1) is 60.5 Å². The van der Waals surface area contributed by atoms with Gasteiger partial charge in [0.2, 0.25) is 23.7 Å². The molecular weight excluding hydrogens is 931 g/mol. The number of halogens is 6. The molecule has 6 aromatic rings. The Morgan fingerprint density at radius 3 is 1.34 bits per heavy atom. The molecule has 0 bridgehead atoms. The minimum Gasteiger partial charge on any atom is -0.387 e. The summed E-state index contributed by atoms with van der Waals surface area (Å²) in [6.07, 6.45) is -4.83. The predicted octanol–water partition coefficient (Wildman–Crippen LogP) is 5.77. The zero-order chi connectivity index (χ0) is 51.0. The molecule has 0 fully saturated rings. The lowest BCUT2D eigenvalue weighted by molar-refractivity contribution is -0.142. The topological polar surface area (TPSA) is 242 Å². The van der Waals surface area contributed by atoms with Gasteiger partial charge in [0.15, 0.2) is 11.6 Å². The van der Waals surface area contributed by atoms with Gasteiger partial charge in [-0.1, -0.05) is 12.1 Å². The lowest BCUT2D eigenvalue weighted by atomic mass is 10.1. The summed E-state index contributed by atoms with van der Waals surface area (Å²) in [6, 6.07) is 3.66. The monoisotopic (exact) mass is 980 g/mol. The number of fused-ring (bicyclic) bond motifs is 2. The summed E-state index contributed by atoms with van der Waals surface area (Å²) in [7, 11) is 3.58. The number of aromatic nitrogens is 10. The van der Waals surface area contributed by atoms with Gasteiger partial charge in [-0.25, -0.2) is 19.9 Å². The van der Waals surface area contributed by atoms with Crippen LogP contribution in [0.2, 0.25) is 0 Å². The van der Waals surface area contributed by atoms with Crippen molar-refractivity contribution >= 4 is 46.7 Å². The Bertz CT molecular complexity index is 2710. The molecule has 70 heavy (non-hydrogen) atoms. The Morgan fingerprint density at radius 1 is 0.629 bits per heavy atom. The number of hydrogen-bond acceptors (Lipinski definition) is 16. The predicted molar refractivity (Wildman–Crippen MR) is 244 cm³/mol. The van der Waals surface area contributed by atoms with Crippen molar-refractivity contribution in [1.29, 1.82) is 0 Å². The van der Waals surface area contributed by atoms with Crippen LogP contribution in [0.25, 0.3) is 0 Å². The SMILES string of the molecule is Cc1nc(NCc2cnn(Cc3ccc(C(F)(F)F)nc3[C@@H](C)O)c2)nc2c1NC(=O)[C@H](C)N2C.Cc1nc(NCc2cnn(Cc3ccc(C(F)(F)F)nc3[C@H](C)O)c2)nc2c1NC(=O)[C@H](C)N2C. The van der Waals surface area contributed by atoms with Crippen molar-refractivity contribution in [3.05, 3.63) is 105 Å². The molecule has 0 spiro atoms. The number of carbonyl (C=O) groups excluding carboxylic acids is 2. The molecule has 0 aromatic carbocycles. The molecule has 4 atom stereocenters. The van der Waals surface area contributed by atoms with E-state index in [-0.39, 0.29) is 48.4 Å². The van der Waals surface area contributed by atoms with E-state index in [1.165, 1.54) is 26.0 Å². The average Bonchev–Trinajstić information content (AvgIpc) is 3.95. The molecule has 6 aromatic heterocycles. The van der Waals surface area contributed by atoms with Crippen LogP contribution >= 0.6 is 0 Å². The quantitative estimate of drug-likeness (QED) is 0.0798. The van der Waals surface area contributed by atoms with E-state index in [4.69, 9.17) is 0 Å². The zero-order valence-electron chi connectivity index (χ0n) is 39.1. The number of amides is 2. The summed E-state index contributed by atoms with van der Waals surface area (Å²) in [4.78, 5) is 52.8. The summed E-state index contributed by atoms with van der Waals surface area (Å²) < 4.78 is 81.1. The third kappa shape index (κ3) is 11.2. The number of hydrogen-bond donors (Lipinski definition) is 6. The lowest BCUT2D eigenvalue weighted by Crippen LogP contribution is -2.44. The fourth-order valence-corrected chi connectivity index (χ4v) is 7.44. The molecular formula is C44H50F6N16O4. The van der Waals surface area contributed by atoms with Gasteiger partial charge in [-0.15, -0.1) is 0 Å². The first kappa shape index (κ1) is 50.4. The molecule has 0 saturated carbocycles. The van der Waals surface area contributed by atoms with E-state index in [0.717, 1.165) is 23.3 Å². The van der Waals surface area contributed by atoms with Gasteiger partial charge in [0.25, 0.3) is 0 Å². The van der Waals surface area contributed by atoms with E-state index in [1.807, 2.05) is 0 Å². The van der Waals surface area contributed by atoms with E-state index in [2.05, 4.69) is 61.4 Å². The highest BCUT2D eigenvalue weighted by Crippen LogP contribution is 2.35. The number of nitrogens with zero attached hydrogens (tertiary/aromatic N) is 12. The number of carbonyl (C=O) groups is 2. The van der Waals surface area contributed by atoms with Gasteiger partial charge in [-0.05, 0) is 64.8 Å². The first-order valence-electron chi connectivity index (χ1n) is 21.7. The molecule has 0 saturated heterocycles. The second-order valence-electron chi connectivity index (χ2n) is 16.8. The van der Waals surface area contributed by atoms with Crippen LogP contribution in [0.15, 0.2) is 49.1 Å². The van der Waals surface area contributed by atoms with Crippen LogP contribution in [0, 0.1) is 13.8 Å². The normalized spacial score (nSPS) is 16.6. The van der Waals surface area contributed by atoms with Gasteiger partial charge in [-0.3, -0.25) is 19.0 Å². The molecule has 2 aliphatic rings. The number of pyridine rings is 2. The number of nitrogens with one attached hydrogen (secondary N) is 4. The van der Waals surface area contributed by atoms with E-state index in [1.54, 1.807) is 85.7 Å². The number of alkyl halides is 6. The Morgan fingerprint density at radius 2 is 1.00 bits per heavy atom. The van der Waals surface area contributed by atoms with Crippen molar-refractivity contribution < 1.29 is 46.1 Å². The molecule has 372 valence electrons. The van der Waals surface area contributed by atoms with Gasteiger partial charge >= 0.3 is 12.4 Å². The second kappa shape index (κ2) is 19.9. The maximum atomic E-state index is 13.0. The molecule has 2 amide bonds. The molecule has 0 radical (unpaired) electrons. The van der Waals surface area contributed by atoms with E-state index in [9.17, 15) is 46.1 Å². The Labute approximate surface area is 396 Å². The highest BCUT2D eigenvalue weighted by Gasteiger charge is 2.35. The van der Waals surface area contributed by atoms with Gasteiger partial charge < -0.3 is 41.3 Å². The van der Waals surface area contributed by atoms with Gasteiger partial charge in [-0.2, -0.15) is 46.5 Å². The highest BCUT2D eigenvalue weighted by atomic mass is 19.4. The maximum Gasteiger partial charge on any atom is 0.433 e. The first-order valence-corrected chi connectivity index (χ1v) is 21.7. The third-order valence-electron chi connectivity index (χ3n) is 11.6. The largest absolute Gasteiger partial charge is 0.433 e. The van der Waals surface area contributed by atoms with Gasteiger partial charge in [0.1, 0.15) is 34.8 Å². The Balaban J connectivity index is 0.000000206. The summed E-state index contributed by atoms with van der Waals surface area (Å²) >= 11 is 0. The number of aliphatic hydroxyl groups is 2. The van der Waals surface area contributed by atoms with Gasteiger partial charge in [0, 0.05) is 50.7 Å². The number of aryl methyl sites for hydroxylation is 2. The molecule has 2 aliphatic heterocycles. The first-order chi connectivity index (χ1) is 32.9. The van der Waals surface area contributed by atoms with Crippen molar-refractivity contribution in [2.75, 3.05) is 45.2 Å². The number of aliphatic hydroxyl groups excluding tert-OH is 2. The van der Waals surface area contributed by atoms with E-state index in [0.29, 0.717) is 70.5 Å². The van der Waals surface area contributed by atoms with Crippen LogP contribution < -0.4 is 31.1 Å². The fraction of sp³-hybridized carbons (Fsp3) is 0.409. The van der Waals surface area contributed by atoms with Crippen molar-refractivity contribution in [2.24, 2.45) is 0 Å². The molecule has 0 unspecified atom stereocenters. The number of anilines is 6. The zero-order valence-corrected chi connectivity index (χ0v) is 39.1. The second-order valence-corrected chi connectivity index (χ2v) is 16.8. The Hall–Kier alpha value is -7.48. The van der Waals surface area contributed by atoms with Crippen molar-refractivity contribution in [3.8, 4) is 0 Å². The minimum absolute atomic E-state index is 0.0432. The minimum atomic E-state index is -4.59. The summed E-state index contributed by atoms with van der Waals surface area (Å²) in [5, 5.41) is 40.3. The van der Waals surface area contributed by atoms with Crippen LogP contribution in [-0.4, -0.2) is 97.7 Å². The Kier molecular flexibility index (Phi) is 14.3. The van der Waals surface area contributed by atoms with Crippen molar-refractivity contribution in [1.82, 2.24) is 49.5 Å². The average molecular weight is 981 g/mol. The molecule has 6 N–H and O–H groups in total. The summed E-state index contributed by atoms with van der Waals surface area (Å²) in [6.45, 7) is 10.8. The maximum absolute atomic E-state index is 13.0. The number of rotatable bonds is 12. The van der Waals surface area contributed by atoms with Crippen LogP contribution in [0.4, 0.5) is 61.2 Å². The van der Waals surface area contributed by atoms with Crippen LogP contribution in [0.5, 0.6) is 0 Å². The standard InChI is InChI=1S/2C22H25F3N8O2/c2*1-11-17-19(32(4)12(2)20(35)30-17)31-21(28-11)26-7-14-8-27-33(9-14)10-15-5-6-16(22(23,24)25)29-18(15)13(3)34/h2*5-6,8-9,12-13,34H,7,10H2,1-4H3,(H,30,35)(H,26,28,31)/t12-,13+;12-,13-/m00/s1. The molecule has 20 nitrogen and oxygen atoms in total. The van der Waals surface area contributed by atoms with Crippen molar-refractivity contribution in [2.45, 2.75) is 104 Å².